The van der Waals surface area contributed by atoms with Crippen molar-refractivity contribution in [2.45, 2.75) is 0 Å². The molecule has 2 rings (SSSR count). The van der Waals surface area contributed by atoms with Crippen LogP contribution in [0.1, 0.15) is 0 Å². The van der Waals surface area contributed by atoms with Crippen LogP contribution >= 0.6 is 15.9 Å². The van der Waals surface area contributed by atoms with E-state index in [2.05, 4.69) is 25.4 Å². The van der Waals surface area contributed by atoms with Gasteiger partial charge < -0.3 is 0 Å². The monoisotopic (exact) mass is 248 g/mol. The maximum absolute atomic E-state index is 11.0. The third kappa shape index (κ3) is 1.27. The number of hydrogen-bond donors (Lipinski definition) is 2. The SMILES string of the molecule is O=S1(=O)Nc2ccc(Br)cc2N1. The van der Waals surface area contributed by atoms with Crippen molar-refractivity contribution in [2.24, 2.45) is 0 Å². The highest BCUT2D eigenvalue weighted by molar-refractivity contribution is 9.10. The lowest BCUT2D eigenvalue weighted by molar-refractivity contribution is 0.607. The zero-order valence-corrected chi connectivity index (χ0v) is 8.24. The van der Waals surface area contributed by atoms with Gasteiger partial charge in [-0.15, -0.1) is 0 Å². The lowest BCUT2D eigenvalue weighted by atomic mass is 10.3. The summed E-state index contributed by atoms with van der Waals surface area (Å²) in [4.78, 5) is 0. The van der Waals surface area contributed by atoms with Crippen molar-refractivity contribution < 1.29 is 8.42 Å². The van der Waals surface area contributed by atoms with Crippen LogP contribution in [0.3, 0.4) is 0 Å². The van der Waals surface area contributed by atoms with Crippen LogP contribution in [0.15, 0.2) is 22.7 Å². The van der Waals surface area contributed by atoms with Crippen LogP contribution in [0.5, 0.6) is 0 Å². The molecule has 0 radical (unpaired) electrons. The van der Waals surface area contributed by atoms with Crippen molar-refractivity contribution in [1.82, 2.24) is 0 Å². The highest BCUT2D eigenvalue weighted by Gasteiger charge is 2.21. The molecule has 6 heteroatoms. The fraction of sp³-hybridized carbons (Fsp3) is 0. The molecule has 0 saturated carbocycles. The highest BCUT2D eigenvalue weighted by Crippen LogP contribution is 2.31. The smallest absolute Gasteiger partial charge is 0.265 e. The van der Waals surface area contributed by atoms with Crippen LogP contribution in [-0.4, -0.2) is 8.42 Å². The first kappa shape index (κ1) is 7.88. The molecule has 4 nitrogen and oxygen atoms in total. The summed E-state index contributed by atoms with van der Waals surface area (Å²) in [5, 5.41) is 0. The van der Waals surface area contributed by atoms with Gasteiger partial charge in [-0.05, 0) is 18.2 Å². The first-order valence-corrected chi connectivity index (χ1v) is 5.44. The number of nitrogens with one attached hydrogen (secondary N) is 2. The van der Waals surface area contributed by atoms with Crippen LogP contribution in [0.4, 0.5) is 11.4 Å². The number of fused-ring (bicyclic) bond motifs is 1. The van der Waals surface area contributed by atoms with E-state index in [0.29, 0.717) is 11.4 Å². The van der Waals surface area contributed by atoms with Gasteiger partial charge in [0.25, 0.3) is 0 Å². The molecule has 12 heavy (non-hydrogen) atoms. The van der Waals surface area contributed by atoms with Crippen LogP contribution in [0.25, 0.3) is 0 Å². The molecule has 0 spiro atoms. The van der Waals surface area contributed by atoms with Crippen LogP contribution in [0.2, 0.25) is 0 Å². The Labute approximate surface area is 78.3 Å². The molecule has 0 bridgehead atoms. The zero-order valence-electron chi connectivity index (χ0n) is 5.83. The molecule has 64 valence electrons. The van der Waals surface area contributed by atoms with Gasteiger partial charge in [0, 0.05) is 4.47 Å². The lowest BCUT2D eigenvalue weighted by Crippen LogP contribution is -2.12. The second kappa shape index (κ2) is 2.37. The average Bonchev–Trinajstić information content (AvgIpc) is 2.21. The van der Waals surface area contributed by atoms with Crippen molar-refractivity contribution in [2.75, 3.05) is 9.44 Å². The molecule has 0 saturated heterocycles. The third-order valence-corrected chi connectivity index (χ3v) is 2.94. The minimum Gasteiger partial charge on any atom is -0.265 e. The van der Waals surface area contributed by atoms with Crippen LogP contribution < -0.4 is 9.44 Å². The number of hydrogen-bond acceptors (Lipinski definition) is 2. The highest BCUT2D eigenvalue weighted by atomic mass is 79.9. The minimum absolute atomic E-state index is 0.573. The Morgan fingerprint density at radius 3 is 2.58 bits per heavy atom. The summed E-state index contributed by atoms with van der Waals surface area (Å²) in [5.74, 6) is 0. The van der Waals surface area contributed by atoms with Crippen LogP contribution in [0, 0.1) is 0 Å². The van der Waals surface area contributed by atoms with Gasteiger partial charge >= 0.3 is 10.2 Å². The van der Waals surface area contributed by atoms with Crippen molar-refractivity contribution in [3.63, 3.8) is 0 Å². The van der Waals surface area contributed by atoms with E-state index in [9.17, 15) is 8.42 Å². The lowest BCUT2D eigenvalue weighted by Gasteiger charge is -1.94. The number of halogens is 1. The van der Waals surface area contributed by atoms with Gasteiger partial charge in [-0.2, -0.15) is 8.42 Å². The van der Waals surface area contributed by atoms with E-state index in [1.165, 1.54) is 0 Å². The normalized spacial score (nSPS) is 17.8. The standard InChI is InChI=1S/C6H5BrN2O2S/c7-4-1-2-5-6(3-4)9-12(10,11)8-5/h1-3,8-9H. The predicted octanol–water partition coefficient (Wildman–Crippen LogP) is 1.53. The molecule has 0 amide bonds. The van der Waals surface area contributed by atoms with Gasteiger partial charge in [0.05, 0.1) is 11.4 Å². The number of rotatable bonds is 0. The molecule has 2 N–H and O–H groups in total. The number of anilines is 2. The van der Waals surface area contributed by atoms with Gasteiger partial charge in [0.2, 0.25) is 0 Å². The van der Waals surface area contributed by atoms with Gasteiger partial charge in [0.1, 0.15) is 0 Å². The molecule has 0 unspecified atom stereocenters. The van der Waals surface area contributed by atoms with Gasteiger partial charge in [-0.25, -0.2) is 0 Å². The molecule has 1 aromatic rings. The van der Waals surface area contributed by atoms with Crippen LogP contribution in [-0.2, 0) is 10.2 Å². The van der Waals surface area contributed by atoms with Crippen molar-refractivity contribution >= 4 is 37.5 Å². The fourth-order valence-corrected chi connectivity index (χ4v) is 2.34. The predicted molar refractivity (Wildman–Crippen MR) is 50.3 cm³/mol. The quantitative estimate of drug-likeness (QED) is 0.732. The van der Waals surface area contributed by atoms with E-state index in [0.717, 1.165) is 4.47 Å². The Hall–Kier alpha value is -0.750. The molecular formula is C6H5BrN2O2S. The molecule has 0 fully saturated rings. The zero-order chi connectivity index (χ0) is 8.77. The summed E-state index contributed by atoms with van der Waals surface area (Å²) in [6.45, 7) is 0. The Morgan fingerprint density at radius 1 is 1.17 bits per heavy atom. The second-order valence-corrected chi connectivity index (χ2v) is 4.73. The van der Waals surface area contributed by atoms with Crippen molar-refractivity contribution in [1.29, 1.82) is 0 Å². The molecule has 1 heterocycles. The maximum Gasteiger partial charge on any atom is 0.321 e. The van der Waals surface area contributed by atoms with E-state index in [4.69, 9.17) is 0 Å². The minimum atomic E-state index is -3.34. The van der Waals surface area contributed by atoms with Gasteiger partial charge in [0.15, 0.2) is 0 Å². The summed E-state index contributed by atoms with van der Waals surface area (Å²) >= 11 is 3.24. The summed E-state index contributed by atoms with van der Waals surface area (Å²) < 4.78 is 27.4. The van der Waals surface area contributed by atoms with Gasteiger partial charge in [-0.3, -0.25) is 9.44 Å². The molecule has 1 aliphatic heterocycles. The summed E-state index contributed by atoms with van der Waals surface area (Å²) in [7, 11) is -3.34. The van der Waals surface area contributed by atoms with Gasteiger partial charge in [-0.1, -0.05) is 15.9 Å². The Bertz CT molecular complexity index is 429. The third-order valence-electron chi connectivity index (χ3n) is 1.47. The van der Waals surface area contributed by atoms with Crippen molar-refractivity contribution in [3.05, 3.63) is 22.7 Å². The van der Waals surface area contributed by atoms with E-state index in [-0.39, 0.29) is 0 Å². The molecule has 1 aromatic carbocycles. The molecule has 0 atom stereocenters. The number of benzene rings is 1. The Kier molecular flexibility index (Phi) is 1.55. The van der Waals surface area contributed by atoms with E-state index >= 15 is 0 Å². The first-order chi connectivity index (χ1) is 5.57. The summed E-state index contributed by atoms with van der Waals surface area (Å²) in [6, 6.07) is 5.16. The summed E-state index contributed by atoms with van der Waals surface area (Å²) in [5.41, 5.74) is 1.16. The molecule has 0 aromatic heterocycles. The largest absolute Gasteiger partial charge is 0.321 e. The Morgan fingerprint density at radius 2 is 1.83 bits per heavy atom. The first-order valence-electron chi connectivity index (χ1n) is 3.17. The molecule has 0 aliphatic carbocycles. The molecular weight excluding hydrogens is 244 g/mol. The molecule has 1 aliphatic rings. The van der Waals surface area contributed by atoms with E-state index < -0.39 is 10.2 Å². The summed E-state index contributed by atoms with van der Waals surface area (Å²) in [6.07, 6.45) is 0. The van der Waals surface area contributed by atoms with Crippen molar-refractivity contribution in [3.8, 4) is 0 Å². The Balaban J connectivity index is 2.56. The maximum atomic E-state index is 11.0. The van der Waals surface area contributed by atoms with E-state index in [1.54, 1.807) is 18.2 Å². The second-order valence-electron chi connectivity index (χ2n) is 2.40. The topological polar surface area (TPSA) is 58.2 Å². The fourth-order valence-electron chi connectivity index (χ4n) is 1.00. The van der Waals surface area contributed by atoms with E-state index in [1.807, 2.05) is 0 Å². The average molecular weight is 249 g/mol.